The zero-order chi connectivity index (χ0) is 40.4. The van der Waals surface area contributed by atoms with Crippen LogP contribution in [0, 0.1) is 25.7 Å². The number of fused-ring (bicyclic) bond motifs is 8. The molecule has 15 heteroatoms. The van der Waals surface area contributed by atoms with Crippen LogP contribution in [0.15, 0.2) is 48.8 Å². The van der Waals surface area contributed by atoms with Crippen molar-refractivity contribution in [1.29, 1.82) is 0 Å². The molecule has 0 spiro atoms. The monoisotopic (exact) mass is 797 g/mol. The molecule has 8 heterocycles. The molecule has 0 radical (unpaired) electrons. The molecule has 3 amide bonds. The van der Waals surface area contributed by atoms with Gasteiger partial charge in [0.25, 0.3) is 5.91 Å². The second kappa shape index (κ2) is 15.1. The van der Waals surface area contributed by atoms with E-state index in [0.29, 0.717) is 60.4 Å². The Hall–Kier alpha value is -5.83. The molecule has 3 atom stereocenters. The summed E-state index contributed by atoms with van der Waals surface area (Å²) < 4.78 is 10.3. The van der Waals surface area contributed by atoms with Gasteiger partial charge in [-0.05, 0) is 99.7 Å². The number of piperidine rings is 2. The maximum absolute atomic E-state index is 13.9. The molecule has 4 fully saturated rings. The smallest absolute Gasteiger partial charge is 0.258 e. The predicted octanol–water partition coefficient (Wildman–Crippen LogP) is 4.83. The minimum Gasteiger partial charge on any atom is -0.477 e. The van der Waals surface area contributed by atoms with Gasteiger partial charge in [-0.25, -0.2) is 9.67 Å². The summed E-state index contributed by atoms with van der Waals surface area (Å²) in [6.45, 7) is 11.2. The number of aryl methyl sites for hydroxylation is 3. The number of ether oxygens (including phenoxy) is 1. The lowest BCUT2D eigenvalue weighted by Crippen LogP contribution is -2.53. The molecular weight excluding hydrogens is 747 g/mol. The maximum atomic E-state index is 13.9. The van der Waals surface area contributed by atoms with E-state index in [4.69, 9.17) is 19.7 Å². The third-order valence-corrected chi connectivity index (χ3v) is 13.2. The molecule has 3 saturated heterocycles. The van der Waals surface area contributed by atoms with E-state index in [-0.39, 0.29) is 23.6 Å². The molecule has 15 nitrogen and oxygen atoms in total. The highest BCUT2D eigenvalue weighted by molar-refractivity contribution is 6.05. The number of carbonyl (C=O) groups excluding carboxylic acids is 3. The maximum Gasteiger partial charge on any atom is 0.258 e. The fourth-order valence-corrected chi connectivity index (χ4v) is 9.79. The van der Waals surface area contributed by atoms with Crippen molar-refractivity contribution in [2.45, 2.75) is 70.9 Å². The second-order valence-corrected chi connectivity index (χ2v) is 17.1. The van der Waals surface area contributed by atoms with Gasteiger partial charge in [0.1, 0.15) is 0 Å². The summed E-state index contributed by atoms with van der Waals surface area (Å²) in [5.74, 6) is 1.21. The Morgan fingerprint density at radius 2 is 1.66 bits per heavy atom. The third kappa shape index (κ3) is 7.29. The van der Waals surface area contributed by atoms with Gasteiger partial charge in [-0.1, -0.05) is 0 Å². The second-order valence-electron chi connectivity index (χ2n) is 17.1. The zero-order valence-electron chi connectivity index (χ0n) is 34.0. The third-order valence-electron chi connectivity index (χ3n) is 13.2. The number of hydrogen-bond acceptors (Lipinski definition) is 11. The summed E-state index contributed by atoms with van der Waals surface area (Å²) in [6, 6.07) is 12.7. The van der Waals surface area contributed by atoms with E-state index in [1.54, 1.807) is 16.9 Å². The number of benzene rings is 1. The normalized spacial score (nSPS) is 23.0. The topological polar surface area (TPSA) is 156 Å². The van der Waals surface area contributed by atoms with E-state index in [1.807, 2.05) is 32.3 Å². The van der Waals surface area contributed by atoms with Crippen LogP contribution in [0.3, 0.4) is 0 Å². The van der Waals surface area contributed by atoms with E-state index in [1.165, 1.54) is 5.69 Å². The number of nitrogens with zero attached hydrogens (tertiary/aromatic N) is 9. The number of aromatic nitrogens is 6. The Labute approximate surface area is 343 Å². The summed E-state index contributed by atoms with van der Waals surface area (Å²) in [5.41, 5.74) is 8.77. The van der Waals surface area contributed by atoms with Crippen LogP contribution in [0.25, 0.3) is 22.3 Å². The van der Waals surface area contributed by atoms with Gasteiger partial charge in [0.05, 0.1) is 58.6 Å². The summed E-state index contributed by atoms with van der Waals surface area (Å²) >= 11 is 0. The number of pyridine rings is 2. The first-order chi connectivity index (χ1) is 28.6. The van der Waals surface area contributed by atoms with Gasteiger partial charge in [0.2, 0.25) is 23.6 Å². The number of rotatable bonds is 4. The van der Waals surface area contributed by atoms with Crippen molar-refractivity contribution in [2.24, 2.45) is 18.9 Å². The molecule has 1 saturated carbocycles. The molecule has 2 bridgehead atoms. The number of carbonyl (C=O) groups is 3. The molecule has 306 valence electrons. The molecule has 1 aromatic carbocycles. The van der Waals surface area contributed by atoms with Gasteiger partial charge < -0.3 is 19.1 Å². The first-order valence-electron chi connectivity index (χ1n) is 21.1. The summed E-state index contributed by atoms with van der Waals surface area (Å²) in [4.78, 5) is 60.0. The summed E-state index contributed by atoms with van der Waals surface area (Å²) in [7, 11) is 1.87. The van der Waals surface area contributed by atoms with E-state index in [9.17, 15) is 14.4 Å². The largest absolute Gasteiger partial charge is 0.477 e. The molecular formula is C44H51N11O4. The highest BCUT2D eigenvalue weighted by atomic mass is 16.5. The minimum atomic E-state index is -0.368. The molecule has 4 aromatic heterocycles. The minimum absolute atomic E-state index is 0.206. The Balaban J connectivity index is 0.813. The Morgan fingerprint density at radius 3 is 2.46 bits per heavy atom. The first-order valence-corrected chi connectivity index (χ1v) is 21.1. The van der Waals surface area contributed by atoms with Crippen LogP contribution >= 0.6 is 0 Å². The molecule has 1 unspecified atom stereocenters. The van der Waals surface area contributed by atoms with Crippen LogP contribution in [-0.4, -0.2) is 104 Å². The number of imide groups is 1. The Morgan fingerprint density at radius 1 is 0.831 bits per heavy atom. The standard InChI is InChI=1S/C44H51N11O4/c1-26-18-36(33-5-7-40(56)49-42(33)58)45-24-39(26)54-11-8-31(9-12-54)52-13-15-53(16-14-52)32-4-6-35-38(22-32)55-25-30-20-28(30)10-17-59-43-34(23-46-51(43)3)37-21-29(19-27(2)47-37)41(57)50-44(55)48-35/h4,6,18-19,21-24,28,30-31,33H,5,7-17,20,25H2,1-3H3,(H,48,50,57)(H,49,56,58)/t28-,30+,33?/m0/s1. The van der Waals surface area contributed by atoms with E-state index >= 15 is 0 Å². The van der Waals surface area contributed by atoms with Crippen molar-refractivity contribution in [2.75, 3.05) is 61.0 Å². The fraction of sp³-hybridized carbons (Fsp3) is 0.477. The average Bonchev–Trinajstić information content (AvgIpc) is 3.74. The van der Waals surface area contributed by atoms with Gasteiger partial charge in [-0.2, -0.15) is 5.10 Å². The quantitative estimate of drug-likeness (QED) is 0.241. The Kier molecular flexibility index (Phi) is 9.57. The number of piperazine rings is 1. The van der Waals surface area contributed by atoms with Crippen LogP contribution in [0.1, 0.15) is 71.8 Å². The van der Waals surface area contributed by atoms with Crippen molar-refractivity contribution >= 4 is 46.1 Å². The highest BCUT2D eigenvalue weighted by Gasteiger charge is 2.38. The lowest BCUT2D eigenvalue weighted by molar-refractivity contribution is -0.134. The molecule has 5 aliphatic rings. The lowest BCUT2D eigenvalue weighted by atomic mass is 9.93. The lowest BCUT2D eigenvalue weighted by Gasteiger charge is -2.44. The van der Waals surface area contributed by atoms with Gasteiger partial charge in [0, 0.05) is 82.3 Å². The zero-order valence-corrected chi connectivity index (χ0v) is 34.0. The number of anilines is 3. The molecule has 10 rings (SSSR count). The van der Waals surface area contributed by atoms with Crippen LogP contribution in [0.5, 0.6) is 5.88 Å². The predicted molar refractivity (Wildman–Crippen MR) is 224 cm³/mol. The summed E-state index contributed by atoms with van der Waals surface area (Å²) in [6.07, 6.45) is 8.77. The number of imidazole rings is 1. The highest BCUT2D eigenvalue weighted by Crippen LogP contribution is 2.44. The van der Waals surface area contributed by atoms with Crippen LogP contribution in [0.2, 0.25) is 0 Å². The van der Waals surface area contributed by atoms with Crippen LogP contribution in [0.4, 0.5) is 17.3 Å². The molecule has 2 N–H and O–H groups in total. The van der Waals surface area contributed by atoms with Gasteiger partial charge in [0.15, 0.2) is 0 Å². The van der Waals surface area contributed by atoms with Crippen LogP contribution in [-0.2, 0) is 23.2 Å². The van der Waals surface area contributed by atoms with E-state index < -0.39 is 0 Å². The molecule has 1 aliphatic carbocycles. The van der Waals surface area contributed by atoms with Crippen LogP contribution < -0.4 is 25.2 Å². The number of hydrogen-bond donors (Lipinski definition) is 2. The van der Waals surface area contributed by atoms with Crippen molar-refractivity contribution in [3.63, 3.8) is 0 Å². The van der Waals surface area contributed by atoms with E-state index in [0.717, 1.165) is 111 Å². The van der Waals surface area contributed by atoms with Gasteiger partial charge >= 0.3 is 0 Å². The average molecular weight is 798 g/mol. The summed E-state index contributed by atoms with van der Waals surface area (Å²) in [5, 5.41) is 10.1. The SMILES string of the molecule is Cc1cc2cc(n1)-c1cnn(C)c1OCC[C@H]1C[C@@H]1Cn1c(nc3ccc(N4CCN(C5CCN(c6cnc(C7CCC(=O)NC7=O)cc6C)CC5)CC4)cc31)NC2=O. The fourth-order valence-electron chi connectivity index (χ4n) is 9.79. The first kappa shape index (κ1) is 37.4. The van der Waals surface area contributed by atoms with E-state index in [2.05, 4.69) is 60.1 Å². The number of nitrogens with one attached hydrogen (secondary N) is 2. The van der Waals surface area contributed by atoms with Crippen molar-refractivity contribution in [3.05, 3.63) is 71.3 Å². The van der Waals surface area contributed by atoms with Crippen molar-refractivity contribution in [1.82, 2.24) is 39.5 Å². The van der Waals surface area contributed by atoms with Gasteiger partial charge in [-0.15, -0.1) is 0 Å². The molecule has 4 aliphatic heterocycles. The molecule has 5 aromatic rings. The number of amides is 3. The van der Waals surface area contributed by atoms with Crippen molar-refractivity contribution in [3.8, 4) is 17.1 Å². The molecule has 59 heavy (non-hydrogen) atoms. The van der Waals surface area contributed by atoms with Crippen molar-refractivity contribution < 1.29 is 19.1 Å². The Bertz CT molecular complexity index is 2460. The van der Waals surface area contributed by atoms with Gasteiger partial charge in [-0.3, -0.25) is 39.9 Å².